The van der Waals surface area contributed by atoms with Crippen molar-refractivity contribution in [2.75, 3.05) is 26.2 Å². The van der Waals surface area contributed by atoms with Crippen LogP contribution in [0.4, 0.5) is 0 Å². The minimum Gasteiger partial charge on any atom is -0.359 e. The molecule has 0 unspecified atom stereocenters. The second kappa shape index (κ2) is 7.94. The molecule has 1 aromatic heterocycles. The lowest BCUT2D eigenvalue weighted by atomic mass is 10.1. The molecule has 1 fully saturated rings. The monoisotopic (exact) mass is 381 g/mol. The largest absolute Gasteiger partial charge is 0.359 e. The molecule has 27 heavy (non-hydrogen) atoms. The Morgan fingerprint density at radius 2 is 1.70 bits per heavy atom. The highest BCUT2D eigenvalue weighted by molar-refractivity contribution is 6.30. The summed E-state index contributed by atoms with van der Waals surface area (Å²) in [6.45, 7) is 3.70. The van der Waals surface area contributed by atoms with Crippen molar-refractivity contribution in [1.82, 2.24) is 15.0 Å². The van der Waals surface area contributed by atoms with Crippen LogP contribution >= 0.6 is 11.6 Å². The molecule has 1 saturated heterocycles. The predicted molar refractivity (Wildman–Crippen MR) is 105 cm³/mol. The van der Waals surface area contributed by atoms with Crippen LogP contribution in [0.5, 0.6) is 0 Å². The number of aromatic nitrogens is 1. The van der Waals surface area contributed by atoms with E-state index in [9.17, 15) is 4.79 Å². The molecule has 3 aromatic rings. The molecule has 1 amide bonds. The van der Waals surface area contributed by atoms with Gasteiger partial charge in [0.2, 0.25) is 0 Å². The number of carbonyl (C=O) groups excluding carboxylic acids is 1. The summed E-state index contributed by atoms with van der Waals surface area (Å²) in [4.78, 5) is 16.7. The van der Waals surface area contributed by atoms with Gasteiger partial charge in [0.05, 0.1) is 6.54 Å². The molecule has 2 aromatic carbocycles. The molecule has 0 saturated carbocycles. The summed E-state index contributed by atoms with van der Waals surface area (Å²) in [5.74, 6) is 0.892. The number of hydrogen-bond acceptors (Lipinski definition) is 4. The number of amides is 1. The Hall–Kier alpha value is -2.63. The Bertz CT molecular complexity index is 901. The van der Waals surface area contributed by atoms with Gasteiger partial charge in [-0.15, -0.1) is 0 Å². The second-order valence-electron chi connectivity index (χ2n) is 6.62. The SMILES string of the molecule is O=C(c1ccc(Cl)cc1)N1CCN(Cc2cc(-c3ccccc3)no2)CC1. The van der Waals surface area contributed by atoms with Crippen LogP contribution in [0, 0.1) is 0 Å². The molecule has 2 heterocycles. The highest BCUT2D eigenvalue weighted by Gasteiger charge is 2.23. The van der Waals surface area contributed by atoms with E-state index in [-0.39, 0.29) is 5.91 Å². The van der Waals surface area contributed by atoms with E-state index in [1.165, 1.54) is 0 Å². The van der Waals surface area contributed by atoms with Crippen molar-refractivity contribution in [3.63, 3.8) is 0 Å². The zero-order valence-electron chi connectivity index (χ0n) is 14.8. The molecule has 0 bridgehead atoms. The standard InChI is InChI=1S/C21H20ClN3O2/c22-18-8-6-17(7-9-18)21(26)25-12-10-24(11-13-25)15-19-14-20(23-27-19)16-4-2-1-3-5-16/h1-9,14H,10-13,15H2. The van der Waals surface area contributed by atoms with Crippen LogP contribution in [-0.4, -0.2) is 47.0 Å². The Labute approximate surface area is 163 Å². The van der Waals surface area contributed by atoms with Crippen LogP contribution in [0.2, 0.25) is 5.02 Å². The maximum absolute atomic E-state index is 12.6. The Balaban J connectivity index is 1.33. The number of rotatable bonds is 4. The number of carbonyl (C=O) groups is 1. The first kappa shape index (κ1) is 17.8. The highest BCUT2D eigenvalue weighted by atomic mass is 35.5. The maximum Gasteiger partial charge on any atom is 0.253 e. The lowest BCUT2D eigenvalue weighted by Crippen LogP contribution is -2.48. The molecule has 0 aliphatic carbocycles. The average molecular weight is 382 g/mol. The summed E-state index contributed by atoms with van der Waals surface area (Å²) < 4.78 is 5.49. The topological polar surface area (TPSA) is 49.6 Å². The summed E-state index contributed by atoms with van der Waals surface area (Å²) in [5, 5.41) is 4.80. The molecule has 4 rings (SSSR count). The normalized spacial score (nSPS) is 15.1. The van der Waals surface area contributed by atoms with Gasteiger partial charge in [-0.25, -0.2) is 0 Å². The number of halogens is 1. The van der Waals surface area contributed by atoms with Crippen molar-refractivity contribution >= 4 is 17.5 Å². The molecule has 138 valence electrons. The molecule has 0 N–H and O–H groups in total. The highest BCUT2D eigenvalue weighted by Crippen LogP contribution is 2.20. The van der Waals surface area contributed by atoms with Crippen LogP contribution in [0.1, 0.15) is 16.1 Å². The van der Waals surface area contributed by atoms with Gasteiger partial charge in [-0.05, 0) is 24.3 Å². The first-order chi connectivity index (χ1) is 13.2. The van der Waals surface area contributed by atoms with Crippen LogP contribution in [0.15, 0.2) is 65.2 Å². The van der Waals surface area contributed by atoms with E-state index in [1.54, 1.807) is 24.3 Å². The fourth-order valence-corrected chi connectivity index (χ4v) is 3.36. The van der Waals surface area contributed by atoms with Crippen LogP contribution in [0.3, 0.4) is 0 Å². The van der Waals surface area contributed by atoms with E-state index < -0.39 is 0 Å². The number of benzene rings is 2. The van der Waals surface area contributed by atoms with Crippen LogP contribution in [-0.2, 0) is 6.54 Å². The predicted octanol–water partition coefficient (Wildman–Crippen LogP) is 3.95. The van der Waals surface area contributed by atoms with Crippen molar-refractivity contribution in [3.8, 4) is 11.3 Å². The second-order valence-corrected chi connectivity index (χ2v) is 7.06. The van der Waals surface area contributed by atoms with Gasteiger partial charge in [-0.3, -0.25) is 9.69 Å². The van der Waals surface area contributed by atoms with Crippen molar-refractivity contribution in [3.05, 3.63) is 77.0 Å². The third-order valence-electron chi connectivity index (χ3n) is 4.76. The van der Waals surface area contributed by atoms with Gasteiger partial charge in [0.25, 0.3) is 5.91 Å². The van der Waals surface area contributed by atoms with Gasteiger partial charge < -0.3 is 9.42 Å². The number of hydrogen-bond donors (Lipinski definition) is 0. The summed E-state index contributed by atoms with van der Waals surface area (Å²) >= 11 is 5.89. The molecule has 0 radical (unpaired) electrons. The smallest absolute Gasteiger partial charge is 0.253 e. The third-order valence-corrected chi connectivity index (χ3v) is 5.01. The molecule has 0 atom stereocenters. The van der Waals surface area contributed by atoms with Crippen molar-refractivity contribution in [2.45, 2.75) is 6.54 Å². The van der Waals surface area contributed by atoms with Gasteiger partial charge in [-0.2, -0.15) is 0 Å². The zero-order chi connectivity index (χ0) is 18.6. The Morgan fingerprint density at radius 1 is 1.00 bits per heavy atom. The molecule has 0 spiro atoms. The minimum absolute atomic E-state index is 0.0531. The molecule has 1 aliphatic heterocycles. The third kappa shape index (κ3) is 4.21. The molecule has 1 aliphatic rings. The van der Waals surface area contributed by atoms with E-state index in [4.69, 9.17) is 16.1 Å². The zero-order valence-corrected chi connectivity index (χ0v) is 15.6. The molecular formula is C21H20ClN3O2. The lowest BCUT2D eigenvalue weighted by molar-refractivity contribution is 0.0617. The van der Waals surface area contributed by atoms with E-state index in [2.05, 4.69) is 10.1 Å². The first-order valence-electron chi connectivity index (χ1n) is 8.97. The fraction of sp³-hybridized carbons (Fsp3) is 0.238. The van der Waals surface area contributed by atoms with Crippen molar-refractivity contribution < 1.29 is 9.32 Å². The van der Waals surface area contributed by atoms with E-state index in [0.29, 0.717) is 30.2 Å². The maximum atomic E-state index is 12.6. The van der Waals surface area contributed by atoms with Gasteiger partial charge in [0.15, 0.2) is 5.76 Å². The number of piperazine rings is 1. The van der Waals surface area contributed by atoms with Crippen LogP contribution < -0.4 is 0 Å². The number of nitrogens with zero attached hydrogens (tertiary/aromatic N) is 3. The molecular weight excluding hydrogens is 362 g/mol. The average Bonchev–Trinajstić information content (AvgIpc) is 3.18. The van der Waals surface area contributed by atoms with Gasteiger partial charge in [-0.1, -0.05) is 47.1 Å². The van der Waals surface area contributed by atoms with Crippen molar-refractivity contribution in [2.24, 2.45) is 0 Å². The Morgan fingerprint density at radius 3 is 2.41 bits per heavy atom. The van der Waals surface area contributed by atoms with Gasteiger partial charge in [0, 0.05) is 48.4 Å². The van der Waals surface area contributed by atoms with E-state index >= 15 is 0 Å². The quantitative estimate of drug-likeness (QED) is 0.686. The molecule has 6 heteroatoms. The van der Waals surface area contributed by atoms with Gasteiger partial charge in [0.1, 0.15) is 5.69 Å². The minimum atomic E-state index is 0.0531. The summed E-state index contributed by atoms with van der Waals surface area (Å²) in [7, 11) is 0. The summed E-state index contributed by atoms with van der Waals surface area (Å²) in [6.07, 6.45) is 0. The first-order valence-corrected chi connectivity index (χ1v) is 9.35. The van der Waals surface area contributed by atoms with Crippen molar-refractivity contribution in [1.29, 1.82) is 0 Å². The summed E-state index contributed by atoms with van der Waals surface area (Å²) in [5.41, 5.74) is 2.57. The Kier molecular flexibility index (Phi) is 5.23. The lowest BCUT2D eigenvalue weighted by Gasteiger charge is -2.34. The fourth-order valence-electron chi connectivity index (χ4n) is 3.24. The molecule has 5 nitrogen and oxygen atoms in total. The summed E-state index contributed by atoms with van der Waals surface area (Å²) in [6, 6.07) is 19.0. The van der Waals surface area contributed by atoms with Crippen LogP contribution in [0.25, 0.3) is 11.3 Å². The van der Waals surface area contributed by atoms with E-state index in [0.717, 1.165) is 30.1 Å². The van der Waals surface area contributed by atoms with Gasteiger partial charge >= 0.3 is 0 Å². The van der Waals surface area contributed by atoms with E-state index in [1.807, 2.05) is 41.3 Å².